The molecule has 0 saturated carbocycles. The Hall–Kier alpha value is -2.15. The van der Waals surface area contributed by atoms with Gasteiger partial charge in [-0.2, -0.15) is 0 Å². The number of carbonyl (C=O) groups is 1. The zero-order chi connectivity index (χ0) is 17.8. The molecule has 0 unspecified atom stereocenters. The number of hydrogen-bond acceptors (Lipinski definition) is 4. The Bertz CT molecular complexity index is 779. The fourth-order valence-corrected chi connectivity index (χ4v) is 3.02. The van der Waals surface area contributed by atoms with Gasteiger partial charge in [0.15, 0.2) is 0 Å². The smallest absolute Gasteiger partial charge is 0.255 e. The first kappa shape index (κ1) is 17.7. The van der Waals surface area contributed by atoms with Crippen LogP contribution in [0.5, 0.6) is 5.75 Å². The van der Waals surface area contributed by atoms with E-state index in [9.17, 15) is 9.18 Å². The summed E-state index contributed by atoms with van der Waals surface area (Å²) < 4.78 is 18.5. The Morgan fingerprint density at radius 3 is 2.72 bits per heavy atom. The molecular formula is C18H19ClFN3O2. The Kier molecular flexibility index (Phi) is 5.53. The van der Waals surface area contributed by atoms with Gasteiger partial charge >= 0.3 is 0 Å². The molecule has 0 radical (unpaired) electrons. The van der Waals surface area contributed by atoms with Gasteiger partial charge in [-0.25, -0.2) is 4.39 Å². The van der Waals surface area contributed by atoms with Crippen LogP contribution in [0.25, 0.3) is 0 Å². The van der Waals surface area contributed by atoms with Crippen LogP contribution in [0, 0.1) is 5.82 Å². The van der Waals surface area contributed by atoms with E-state index in [1.165, 1.54) is 19.2 Å². The summed E-state index contributed by atoms with van der Waals surface area (Å²) in [5, 5.41) is 3.07. The first-order valence-corrected chi connectivity index (χ1v) is 8.32. The van der Waals surface area contributed by atoms with Crippen molar-refractivity contribution in [3.05, 3.63) is 63.9 Å². The van der Waals surface area contributed by atoms with Crippen molar-refractivity contribution in [2.24, 2.45) is 0 Å². The number of ether oxygens (including phenoxy) is 1. The minimum Gasteiger partial charge on any atom is -0.496 e. The number of nitrogens with one attached hydrogen (secondary N) is 3. The zero-order valence-electron chi connectivity index (χ0n) is 13.7. The molecule has 0 aliphatic carbocycles. The van der Waals surface area contributed by atoms with Crippen molar-refractivity contribution in [2.45, 2.75) is 12.5 Å². The fourth-order valence-electron chi connectivity index (χ4n) is 2.78. The summed E-state index contributed by atoms with van der Waals surface area (Å²) in [7, 11) is 1.54. The Labute approximate surface area is 150 Å². The van der Waals surface area contributed by atoms with E-state index in [1.54, 1.807) is 12.1 Å². The SMILES string of the molecule is COc1cc(C2CNNC2)ccc1C(=O)NCc1ccc(F)cc1Cl. The molecule has 2 aromatic carbocycles. The van der Waals surface area contributed by atoms with Crippen molar-refractivity contribution < 1.29 is 13.9 Å². The van der Waals surface area contributed by atoms with E-state index in [0.717, 1.165) is 18.7 Å². The fraction of sp³-hybridized carbons (Fsp3) is 0.278. The first-order chi connectivity index (χ1) is 12.1. The topological polar surface area (TPSA) is 62.4 Å². The van der Waals surface area contributed by atoms with Gasteiger partial charge in [0.05, 0.1) is 12.7 Å². The predicted octanol–water partition coefficient (Wildman–Crippen LogP) is 2.61. The van der Waals surface area contributed by atoms with Crippen molar-refractivity contribution in [1.29, 1.82) is 0 Å². The van der Waals surface area contributed by atoms with Crippen molar-refractivity contribution in [1.82, 2.24) is 16.2 Å². The summed E-state index contributed by atoms with van der Waals surface area (Å²) in [6, 6.07) is 9.67. The highest BCUT2D eigenvalue weighted by Crippen LogP contribution is 2.26. The lowest BCUT2D eigenvalue weighted by atomic mass is 9.98. The standard InChI is InChI=1S/C18H19ClFN3O2/c1-25-17-6-11(13-9-22-23-10-13)3-5-15(17)18(24)21-8-12-2-4-14(20)7-16(12)19/h2-7,13,22-23H,8-10H2,1H3,(H,21,24). The minimum atomic E-state index is -0.409. The maximum absolute atomic E-state index is 13.1. The van der Waals surface area contributed by atoms with Crippen molar-refractivity contribution in [3.8, 4) is 5.75 Å². The molecule has 0 atom stereocenters. The van der Waals surface area contributed by atoms with E-state index in [1.807, 2.05) is 12.1 Å². The number of carbonyl (C=O) groups excluding carboxylic acids is 1. The van der Waals surface area contributed by atoms with E-state index in [4.69, 9.17) is 16.3 Å². The summed E-state index contributed by atoms with van der Waals surface area (Å²) >= 11 is 5.98. The van der Waals surface area contributed by atoms with E-state index >= 15 is 0 Å². The highest BCUT2D eigenvalue weighted by molar-refractivity contribution is 6.31. The average Bonchev–Trinajstić information content (AvgIpc) is 3.15. The van der Waals surface area contributed by atoms with Crippen molar-refractivity contribution in [2.75, 3.05) is 20.2 Å². The molecule has 1 fully saturated rings. The van der Waals surface area contributed by atoms with Gasteiger partial charge in [0.25, 0.3) is 5.91 Å². The second-order valence-electron chi connectivity index (χ2n) is 5.84. The van der Waals surface area contributed by atoms with Crippen LogP contribution < -0.4 is 20.9 Å². The van der Waals surface area contributed by atoms with E-state index in [2.05, 4.69) is 16.2 Å². The summed E-state index contributed by atoms with van der Waals surface area (Å²) in [6.07, 6.45) is 0. The third-order valence-corrected chi connectivity index (χ3v) is 4.57. The summed E-state index contributed by atoms with van der Waals surface area (Å²) in [5.41, 5.74) is 8.37. The van der Waals surface area contributed by atoms with Crippen LogP contribution >= 0.6 is 11.6 Å². The number of hydrazine groups is 1. The third-order valence-electron chi connectivity index (χ3n) is 4.22. The Morgan fingerprint density at radius 2 is 2.04 bits per heavy atom. The van der Waals surface area contributed by atoms with Gasteiger partial charge in [-0.05, 0) is 35.4 Å². The van der Waals surface area contributed by atoms with Crippen LogP contribution in [0.2, 0.25) is 5.02 Å². The van der Waals surface area contributed by atoms with Gasteiger partial charge in [0.1, 0.15) is 11.6 Å². The molecule has 3 rings (SSSR count). The Morgan fingerprint density at radius 1 is 1.28 bits per heavy atom. The zero-order valence-corrected chi connectivity index (χ0v) is 14.5. The lowest BCUT2D eigenvalue weighted by Crippen LogP contribution is -2.23. The van der Waals surface area contributed by atoms with Gasteiger partial charge in [-0.3, -0.25) is 15.6 Å². The average molecular weight is 364 g/mol. The number of rotatable bonds is 5. The molecular weight excluding hydrogens is 345 g/mol. The van der Waals surface area contributed by atoms with Gasteiger partial charge in [-0.15, -0.1) is 0 Å². The quantitative estimate of drug-likeness (QED) is 0.764. The molecule has 7 heteroatoms. The number of amides is 1. The third kappa shape index (κ3) is 4.10. The second-order valence-corrected chi connectivity index (χ2v) is 6.24. The largest absolute Gasteiger partial charge is 0.496 e. The molecule has 132 valence electrons. The summed E-state index contributed by atoms with van der Waals surface area (Å²) in [4.78, 5) is 12.5. The molecule has 25 heavy (non-hydrogen) atoms. The molecule has 0 spiro atoms. The lowest BCUT2D eigenvalue weighted by molar-refractivity contribution is 0.0948. The van der Waals surface area contributed by atoms with Crippen LogP contribution in [0.3, 0.4) is 0 Å². The Balaban J connectivity index is 1.72. The summed E-state index contributed by atoms with van der Waals surface area (Å²) in [6.45, 7) is 1.87. The molecule has 1 amide bonds. The number of methoxy groups -OCH3 is 1. The van der Waals surface area contributed by atoms with Crippen molar-refractivity contribution >= 4 is 17.5 Å². The lowest BCUT2D eigenvalue weighted by Gasteiger charge is -2.14. The first-order valence-electron chi connectivity index (χ1n) is 7.94. The van der Waals surface area contributed by atoms with E-state index in [-0.39, 0.29) is 17.5 Å². The maximum atomic E-state index is 13.1. The minimum absolute atomic E-state index is 0.208. The molecule has 5 nitrogen and oxygen atoms in total. The number of halogens is 2. The maximum Gasteiger partial charge on any atom is 0.255 e. The normalized spacial score (nSPS) is 14.5. The van der Waals surface area contributed by atoms with Crippen molar-refractivity contribution in [3.63, 3.8) is 0 Å². The molecule has 3 N–H and O–H groups in total. The summed E-state index contributed by atoms with van der Waals surface area (Å²) in [5.74, 6) is 0.177. The van der Waals surface area contributed by atoms with Gasteiger partial charge in [0, 0.05) is 30.6 Å². The number of hydrogen-bond donors (Lipinski definition) is 3. The molecule has 1 aliphatic heterocycles. The molecule has 1 saturated heterocycles. The predicted molar refractivity (Wildman–Crippen MR) is 94.3 cm³/mol. The van der Waals surface area contributed by atoms with Crippen LogP contribution in [-0.4, -0.2) is 26.1 Å². The molecule has 0 bridgehead atoms. The molecule has 0 aromatic heterocycles. The highest BCUT2D eigenvalue weighted by atomic mass is 35.5. The second kappa shape index (κ2) is 7.82. The molecule has 1 heterocycles. The molecule has 1 aliphatic rings. The monoisotopic (exact) mass is 363 g/mol. The van der Waals surface area contributed by atoms with E-state index < -0.39 is 5.82 Å². The van der Waals surface area contributed by atoms with Gasteiger partial charge < -0.3 is 10.1 Å². The molecule has 2 aromatic rings. The van der Waals surface area contributed by atoms with Crippen LogP contribution in [0.4, 0.5) is 4.39 Å². The van der Waals surface area contributed by atoms with Crippen LogP contribution in [0.1, 0.15) is 27.4 Å². The number of benzene rings is 2. The van der Waals surface area contributed by atoms with Gasteiger partial charge in [0.2, 0.25) is 0 Å². The van der Waals surface area contributed by atoms with Gasteiger partial charge in [-0.1, -0.05) is 23.7 Å². The van der Waals surface area contributed by atoms with E-state index in [0.29, 0.717) is 22.8 Å². The van der Waals surface area contributed by atoms with Crippen LogP contribution in [-0.2, 0) is 6.54 Å². The highest BCUT2D eigenvalue weighted by Gasteiger charge is 2.20. The van der Waals surface area contributed by atoms with Crippen LogP contribution in [0.15, 0.2) is 36.4 Å².